The number of aryl methyl sites for hydroxylation is 2. The van der Waals surface area contributed by atoms with Crippen LogP contribution in [-0.4, -0.2) is 15.8 Å². The van der Waals surface area contributed by atoms with Crippen molar-refractivity contribution in [3.63, 3.8) is 0 Å². The van der Waals surface area contributed by atoms with Gasteiger partial charge in [0.05, 0.1) is 5.69 Å². The van der Waals surface area contributed by atoms with E-state index < -0.39 is 0 Å². The molecule has 0 spiro atoms. The predicted molar refractivity (Wildman–Crippen MR) is 78.5 cm³/mol. The van der Waals surface area contributed by atoms with Gasteiger partial charge < -0.3 is 5.32 Å². The molecule has 1 aliphatic heterocycles. The summed E-state index contributed by atoms with van der Waals surface area (Å²) in [5.41, 5.74) is 5.29. The Morgan fingerprint density at radius 1 is 1.32 bits per heavy atom. The summed E-state index contributed by atoms with van der Waals surface area (Å²) in [6, 6.07) is 11.4. The minimum absolute atomic E-state index is 0.504. The molecule has 0 amide bonds. The van der Waals surface area contributed by atoms with Crippen LogP contribution < -0.4 is 5.32 Å². The minimum Gasteiger partial charge on any atom is -0.381 e. The number of nitrogens with one attached hydrogen (secondary N) is 1. The van der Waals surface area contributed by atoms with E-state index in [-0.39, 0.29) is 0 Å². The molecule has 2 aromatic rings. The molecule has 0 fully saturated rings. The van der Waals surface area contributed by atoms with Gasteiger partial charge in [-0.25, -0.2) is 0 Å². The summed E-state index contributed by atoms with van der Waals surface area (Å²) in [4.78, 5) is 0. The smallest absolute Gasteiger partial charge is 0.0624 e. The standard InChI is InChI=1S/C16H21N3/c1-3-13-10-15(19(4-2)18-13)11-14-9-12-7-5-6-8-16(12)17-14/h5-8,10,14,17H,3-4,9,11H2,1-2H3. The van der Waals surface area contributed by atoms with Crippen LogP contribution in [0.25, 0.3) is 0 Å². The molecule has 3 heteroatoms. The van der Waals surface area contributed by atoms with Crippen LogP contribution in [-0.2, 0) is 25.8 Å². The van der Waals surface area contributed by atoms with Crippen molar-refractivity contribution in [2.24, 2.45) is 0 Å². The van der Waals surface area contributed by atoms with Gasteiger partial charge in [-0.15, -0.1) is 0 Å². The Morgan fingerprint density at radius 2 is 2.16 bits per heavy atom. The third-order valence-electron chi connectivity index (χ3n) is 3.87. The quantitative estimate of drug-likeness (QED) is 0.910. The second-order valence-electron chi connectivity index (χ2n) is 5.20. The van der Waals surface area contributed by atoms with E-state index in [4.69, 9.17) is 0 Å². The molecule has 100 valence electrons. The van der Waals surface area contributed by atoms with E-state index in [0.717, 1.165) is 25.8 Å². The number of rotatable bonds is 4. The van der Waals surface area contributed by atoms with Crippen molar-refractivity contribution in [2.45, 2.75) is 45.7 Å². The van der Waals surface area contributed by atoms with E-state index in [1.807, 2.05) is 0 Å². The molecule has 0 aliphatic carbocycles. The molecule has 1 aromatic carbocycles. The summed E-state index contributed by atoms with van der Waals surface area (Å²) in [6.07, 6.45) is 3.18. The lowest BCUT2D eigenvalue weighted by molar-refractivity contribution is 0.592. The van der Waals surface area contributed by atoms with Crippen molar-refractivity contribution in [3.05, 3.63) is 47.3 Å². The highest BCUT2D eigenvalue weighted by Gasteiger charge is 2.21. The van der Waals surface area contributed by atoms with Crippen molar-refractivity contribution >= 4 is 5.69 Å². The lowest BCUT2D eigenvalue weighted by Gasteiger charge is -2.12. The zero-order valence-electron chi connectivity index (χ0n) is 11.7. The van der Waals surface area contributed by atoms with Gasteiger partial charge in [0.2, 0.25) is 0 Å². The van der Waals surface area contributed by atoms with E-state index in [1.54, 1.807) is 0 Å². The van der Waals surface area contributed by atoms with Gasteiger partial charge in [0.25, 0.3) is 0 Å². The second-order valence-corrected chi connectivity index (χ2v) is 5.20. The largest absolute Gasteiger partial charge is 0.381 e. The molecule has 3 nitrogen and oxygen atoms in total. The molecule has 0 saturated heterocycles. The second kappa shape index (κ2) is 5.08. The van der Waals surface area contributed by atoms with Crippen LogP contribution in [0, 0.1) is 0 Å². The highest BCUT2D eigenvalue weighted by atomic mass is 15.3. The van der Waals surface area contributed by atoms with Crippen LogP contribution in [0.3, 0.4) is 0 Å². The molecule has 0 radical (unpaired) electrons. The first-order valence-electron chi connectivity index (χ1n) is 7.20. The maximum atomic E-state index is 4.63. The van der Waals surface area contributed by atoms with Crippen LogP contribution in [0.5, 0.6) is 0 Å². The SMILES string of the molecule is CCc1cc(CC2Cc3ccccc3N2)n(CC)n1. The summed E-state index contributed by atoms with van der Waals surface area (Å²) in [5, 5.41) is 8.25. The molecule has 1 aromatic heterocycles. The highest BCUT2D eigenvalue weighted by Crippen LogP contribution is 2.27. The zero-order chi connectivity index (χ0) is 13.2. The van der Waals surface area contributed by atoms with Crippen LogP contribution >= 0.6 is 0 Å². The van der Waals surface area contributed by atoms with Gasteiger partial charge in [-0.1, -0.05) is 25.1 Å². The van der Waals surface area contributed by atoms with Crippen molar-refractivity contribution < 1.29 is 0 Å². The molecule has 3 rings (SSSR count). The number of benzene rings is 1. The molecule has 1 aliphatic rings. The van der Waals surface area contributed by atoms with Gasteiger partial charge in [-0.2, -0.15) is 5.10 Å². The van der Waals surface area contributed by atoms with Crippen LogP contribution in [0.15, 0.2) is 30.3 Å². The first-order valence-corrected chi connectivity index (χ1v) is 7.20. The van der Waals surface area contributed by atoms with Gasteiger partial charge in [0.15, 0.2) is 0 Å². The van der Waals surface area contributed by atoms with Crippen molar-refractivity contribution in [3.8, 4) is 0 Å². The third-order valence-corrected chi connectivity index (χ3v) is 3.87. The maximum Gasteiger partial charge on any atom is 0.0624 e. The Labute approximate surface area is 114 Å². The predicted octanol–water partition coefficient (Wildman–Crippen LogP) is 3.04. The normalized spacial score (nSPS) is 17.3. The Balaban J connectivity index is 1.75. The summed E-state index contributed by atoms with van der Waals surface area (Å²) in [7, 11) is 0. The number of aromatic nitrogens is 2. The fourth-order valence-corrected chi connectivity index (χ4v) is 2.88. The molecule has 0 saturated carbocycles. The Morgan fingerprint density at radius 3 is 2.89 bits per heavy atom. The van der Waals surface area contributed by atoms with E-state index in [9.17, 15) is 0 Å². The number of hydrogen-bond acceptors (Lipinski definition) is 2. The van der Waals surface area contributed by atoms with Crippen molar-refractivity contribution in [1.29, 1.82) is 0 Å². The number of anilines is 1. The van der Waals surface area contributed by atoms with Gasteiger partial charge in [0.1, 0.15) is 0 Å². The first kappa shape index (κ1) is 12.3. The third kappa shape index (κ3) is 2.37. The summed E-state index contributed by atoms with van der Waals surface area (Å²) < 4.78 is 2.14. The lowest BCUT2D eigenvalue weighted by atomic mass is 10.1. The van der Waals surface area contributed by atoms with E-state index >= 15 is 0 Å². The monoisotopic (exact) mass is 255 g/mol. The molecule has 2 heterocycles. The molecule has 19 heavy (non-hydrogen) atoms. The van der Waals surface area contributed by atoms with E-state index in [0.29, 0.717) is 6.04 Å². The average molecular weight is 255 g/mol. The number of nitrogens with zero attached hydrogens (tertiary/aromatic N) is 2. The average Bonchev–Trinajstić information content (AvgIpc) is 3.01. The fraction of sp³-hybridized carbons (Fsp3) is 0.438. The fourth-order valence-electron chi connectivity index (χ4n) is 2.88. The molecule has 1 atom stereocenters. The summed E-state index contributed by atoms with van der Waals surface area (Å²) in [5.74, 6) is 0. The van der Waals surface area contributed by atoms with Crippen LogP contribution in [0.4, 0.5) is 5.69 Å². The zero-order valence-corrected chi connectivity index (χ0v) is 11.7. The Hall–Kier alpha value is -1.77. The van der Waals surface area contributed by atoms with Gasteiger partial charge in [-0.05, 0) is 37.5 Å². The van der Waals surface area contributed by atoms with Gasteiger partial charge in [-0.3, -0.25) is 4.68 Å². The van der Waals surface area contributed by atoms with Crippen LogP contribution in [0.2, 0.25) is 0 Å². The van der Waals surface area contributed by atoms with Gasteiger partial charge >= 0.3 is 0 Å². The van der Waals surface area contributed by atoms with E-state index in [1.165, 1.54) is 22.6 Å². The van der Waals surface area contributed by atoms with Crippen LogP contribution in [0.1, 0.15) is 30.8 Å². The Bertz CT molecular complexity index is 546. The Kier molecular flexibility index (Phi) is 3.28. The number of para-hydroxylation sites is 1. The summed E-state index contributed by atoms with van der Waals surface area (Å²) in [6.45, 7) is 5.28. The number of fused-ring (bicyclic) bond motifs is 1. The molecule has 1 unspecified atom stereocenters. The minimum atomic E-state index is 0.504. The maximum absolute atomic E-state index is 4.63. The van der Waals surface area contributed by atoms with Crippen molar-refractivity contribution in [2.75, 3.05) is 5.32 Å². The highest BCUT2D eigenvalue weighted by molar-refractivity contribution is 5.56. The van der Waals surface area contributed by atoms with Crippen molar-refractivity contribution in [1.82, 2.24) is 9.78 Å². The van der Waals surface area contributed by atoms with E-state index in [2.05, 4.69) is 59.3 Å². The molecule has 0 bridgehead atoms. The molecular weight excluding hydrogens is 234 g/mol. The van der Waals surface area contributed by atoms with Gasteiger partial charge in [0, 0.05) is 30.4 Å². The number of hydrogen-bond donors (Lipinski definition) is 1. The molecule has 1 N–H and O–H groups in total. The summed E-state index contributed by atoms with van der Waals surface area (Å²) >= 11 is 0. The topological polar surface area (TPSA) is 29.9 Å². The lowest BCUT2D eigenvalue weighted by Crippen LogP contribution is -2.20. The first-order chi connectivity index (χ1) is 9.30. The molecular formula is C16H21N3.